The van der Waals surface area contributed by atoms with Crippen molar-refractivity contribution in [3.8, 4) is 11.5 Å². The first-order valence-electron chi connectivity index (χ1n) is 14.9. The lowest BCUT2D eigenvalue weighted by molar-refractivity contribution is -0.138. The Morgan fingerprint density at radius 2 is 1.61 bits per heavy atom. The van der Waals surface area contributed by atoms with E-state index in [-0.39, 0.29) is 30.2 Å². The monoisotopic (exact) mass is 634 g/mol. The summed E-state index contributed by atoms with van der Waals surface area (Å²) in [5.74, 6) is 0.390. The highest BCUT2D eigenvalue weighted by molar-refractivity contribution is 7.07. The highest BCUT2D eigenvalue weighted by Gasteiger charge is 2.35. The van der Waals surface area contributed by atoms with Crippen LogP contribution in [0.5, 0.6) is 11.5 Å². The number of hydrogen-bond donors (Lipinski definition) is 0. The summed E-state index contributed by atoms with van der Waals surface area (Å²) < 4.78 is 32.7. The molecule has 0 unspecified atom stereocenters. The summed E-state index contributed by atoms with van der Waals surface area (Å²) in [4.78, 5) is 33.3. The van der Waals surface area contributed by atoms with E-state index in [4.69, 9.17) is 19.2 Å². The van der Waals surface area contributed by atoms with Crippen molar-refractivity contribution < 1.29 is 23.4 Å². The van der Waals surface area contributed by atoms with Crippen molar-refractivity contribution in [2.24, 2.45) is 4.99 Å². The predicted molar refractivity (Wildman–Crippen MR) is 176 cm³/mol. The zero-order valence-corrected chi connectivity index (χ0v) is 26.1. The van der Waals surface area contributed by atoms with Crippen LogP contribution >= 0.6 is 11.3 Å². The second-order valence-electron chi connectivity index (χ2n) is 10.4. The van der Waals surface area contributed by atoms with Gasteiger partial charge in [0.1, 0.15) is 23.9 Å². The maximum Gasteiger partial charge on any atom is 0.338 e. The van der Waals surface area contributed by atoms with Crippen LogP contribution in [0.2, 0.25) is 0 Å². The summed E-state index contributed by atoms with van der Waals surface area (Å²) in [7, 11) is 0. The third-order valence-corrected chi connectivity index (χ3v) is 8.38. The number of ether oxygens (including phenoxy) is 3. The number of rotatable bonds is 10. The van der Waals surface area contributed by atoms with E-state index in [0.29, 0.717) is 44.3 Å². The van der Waals surface area contributed by atoms with Crippen LogP contribution in [0.15, 0.2) is 118 Å². The van der Waals surface area contributed by atoms with Crippen LogP contribution in [0.4, 0.5) is 4.39 Å². The van der Waals surface area contributed by atoms with Crippen molar-refractivity contribution in [1.82, 2.24) is 4.57 Å². The van der Waals surface area contributed by atoms with Gasteiger partial charge in [0.15, 0.2) is 4.80 Å². The molecule has 2 heterocycles. The minimum Gasteiger partial charge on any atom is -0.494 e. The summed E-state index contributed by atoms with van der Waals surface area (Å²) in [6, 6.07) is 29.5. The number of para-hydroxylation sites is 1. The molecule has 9 heteroatoms. The Balaban J connectivity index is 1.51. The summed E-state index contributed by atoms with van der Waals surface area (Å²) in [6.07, 6.45) is 1.77. The van der Waals surface area contributed by atoms with Crippen LogP contribution in [0.25, 0.3) is 11.8 Å². The van der Waals surface area contributed by atoms with Crippen LogP contribution < -0.4 is 24.4 Å². The van der Waals surface area contributed by atoms with Crippen LogP contribution in [-0.4, -0.2) is 23.8 Å². The van der Waals surface area contributed by atoms with Crippen molar-refractivity contribution >= 4 is 29.1 Å². The van der Waals surface area contributed by atoms with Crippen molar-refractivity contribution in [1.29, 1.82) is 0 Å². The first kappa shape index (κ1) is 30.7. The van der Waals surface area contributed by atoms with Crippen molar-refractivity contribution in [2.75, 3.05) is 13.2 Å². The van der Waals surface area contributed by atoms with Gasteiger partial charge in [-0.3, -0.25) is 9.36 Å². The van der Waals surface area contributed by atoms with Crippen LogP contribution in [0.3, 0.4) is 0 Å². The summed E-state index contributed by atoms with van der Waals surface area (Å²) in [5, 5.41) is 0. The smallest absolute Gasteiger partial charge is 0.338 e. The maximum atomic E-state index is 14.3. The van der Waals surface area contributed by atoms with E-state index in [2.05, 4.69) is 0 Å². The zero-order chi connectivity index (χ0) is 32.0. The molecule has 1 aliphatic heterocycles. The maximum absolute atomic E-state index is 14.3. The largest absolute Gasteiger partial charge is 0.494 e. The van der Waals surface area contributed by atoms with E-state index < -0.39 is 12.0 Å². The molecule has 0 fully saturated rings. The first-order valence-corrected chi connectivity index (χ1v) is 15.8. The van der Waals surface area contributed by atoms with Gasteiger partial charge in [-0.1, -0.05) is 84.1 Å². The molecule has 4 aromatic carbocycles. The quantitative estimate of drug-likeness (QED) is 0.175. The predicted octanol–water partition coefficient (Wildman–Crippen LogP) is 6.05. The number of benzene rings is 4. The van der Waals surface area contributed by atoms with Gasteiger partial charge in [-0.05, 0) is 61.4 Å². The second kappa shape index (κ2) is 13.8. The van der Waals surface area contributed by atoms with Gasteiger partial charge in [-0.2, -0.15) is 0 Å². The molecule has 46 heavy (non-hydrogen) atoms. The van der Waals surface area contributed by atoms with Gasteiger partial charge in [-0.25, -0.2) is 14.2 Å². The lowest BCUT2D eigenvalue weighted by Crippen LogP contribution is -2.40. The number of carbonyl (C=O) groups excluding carboxylic acids is 1. The Labute approximate surface area is 269 Å². The highest BCUT2D eigenvalue weighted by Crippen LogP contribution is 2.35. The second-order valence-corrected chi connectivity index (χ2v) is 11.4. The fraction of sp³-hybridized carbons (Fsp3) is 0.162. The highest BCUT2D eigenvalue weighted by atomic mass is 32.1. The zero-order valence-electron chi connectivity index (χ0n) is 25.3. The minimum atomic E-state index is -0.798. The molecule has 1 atom stereocenters. The number of esters is 1. The molecule has 0 saturated heterocycles. The third kappa shape index (κ3) is 6.41. The van der Waals surface area contributed by atoms with Gasteiger partial charge in [0.05, 0.1) is 35.1 Å². The van der Waals surface area contributed by atoms with E-state index in [1.165, 1.54) is 23.5 Å². The molecule has 0 amide bonds. The number of fused-ring (bicyclic) bond motifs is 1. The van der Waals surface area contributed by atoms with E-state index in [1.807, 2.05) is 85.8 Å². The van der Waals surface area contributed by atoms with Crippen molar-refractivity contribution in [2.45, 2.75) is 26.5 Å². The normalized spacial score (nSPS) is 14.4. The molecule has 0 N–H and O–H groups in total. The van der Waals surface area contributed by atoms with Gasteiger partial charge in [0.2, 0.25) is 0 Å². The molecule has 0 radical (unpaired) electrons. The molecule has 0 aliphatic carbocycles. The average Bonchev–Trinajstić information content (AvgIpc) is 3.39. The Morgan fingerprint density at radius 3 is 2.33 bits per heavy atom. The molecule has 1 aliphatic rings. The van der Waals surface area contributed by atoms with Crippen LogP contribution in [0.1, 0.15) is 42.1 Å². The Bertz CT molecular complexity index is 2070. The van der Waals surface area contributed by atoms with Gasteiger partial charge in [0, 0.05) is 11.1 Å². The molecule has 232 valence electrons. The van der Waals surface area contributed by atoms with Gasteiger partial charge >= 0.3 is 5.97 Å². The Kier molecular flexibility index (Phi) is 9.21. The fourth-order valence-corrected chi connectivity index (χ4v) is 6.27. The van der Waals surface area contributed by atoms with Crippen molar-refractivity contribution in [3.05, 3.63) is 156 Å². The number of nitrogens with zero attached hydrogens (tertiary/aromatic N) is 2. The van der Waals surface area contributed by atoms with E-state index >= 15 is 0 Å². The first-order chi connectivity index (χ1) is 22.5. The third-order valence-electron chi connectivity index (χ3n) is 7.39. The van der Waals surface area contributed by atoms with E-state index in [0.717, 1.165) is 11.1 Å². The van der Waals surface area contributed by atoms with Gasteiger partial charge in [-0.15, -0.1) is 0 Å². The van der Waals surface area contributed by atoms with E-state index in [9.17, 15) is 14.0 Å². The van der Waals surface area contributed by atoms with Crippen LogP contribution in [-0.2, 0) is 16.1 Å². The minimum absolute atomic E-state index is 0.166. The standard InChI is InChI=1S/C37H31FN2O5S/c1-3-43-29-20-16-26(17-21-29)34-32(36(42)44-4-2)33(25-10-6-5-7-11-25)39-37-40(34)35(41)31(46-37)22-27-12-8-9-13-30(27)45-23-24-14-18-28(38)19-15-24/h5-22,34H,3-4,23H2,1-2H3/b31-22-/t34-/m1/s1. The molecular formula is C37H31FN2O5S. The topological polar surface area (TPSA) is 79.1 Å². The number of carbonyl (C=O) groups is 1. The lowest BCUT2D eigenvalue weighted by atomic mass is 9.93. The molecule has 0 spiro atoms. The SMILES string of the molecule is CCOC(=O)C1=C(c2ccccc2)N=c2s/c(=C\c3ccccc3OCc3ccc(F)cc3)c(=O)n2[C@@H]1c1ccc(OCC)cc1. The summed E-state index contributed by atoms with van der Waals surface area (Å²) >= 11 is 1.24. The molecular weight excluding hydrogens is 603 g/mol. The summed E-state index contributed by atoms with van der Waals surface area (Å²) in [6.45, 7) is 4.56. The molecule has 0 bridgehead atoms. The van der Waals surface area contributed by atoms with Crippen LogP contribution in [0, 0.1) is 5.82 Å². The van der Waals surface area contributed by atoms with E-state index in [1.54, 1.807) is 29.7 Å². The van der Waals surface area contributed by atoms with Gasteiger partial charge in [0.25, 0.3) is 5.56 Å². The Morgan fingerprint density at radius 1 is 0.891 bits per heavy atom. The van der Waals surface area contributed by atoms with Crippen molar-refractivity contribution in [3.63, 3.8) is 0 Å². The average molecular weight is 635 g/mol. The Hall–Kier alpha value is -5.28. The molecule has 0 saturated carbocycles. The number of thiazole rings is 1. The fourth-order valence-electron chi connectivity index (χ4n) is 5.28. The number of halogens is 1. The molecule has 5 aromatic rings. The molecule has 1 aromatic heterocycles. The van der Waals surface area contributed by atoms with Gasteiger partial charge < -0.3 is 14.2 Å². The molecule has 6 rings (SSSR count). The summed E-state index contributed by atoms with van der Waals surface area (Å²) in [5.41, 5.74) is 3.38. The molecule has 7 nitrogen and oxygen atoms in total. The number of aromatic nitrogens is 1. The lowest BCUT2D eigenvalue weighted by Gasteiger charge is -2.26. The number of hydrogen-bond acceptors (Lipinski definition) is 7.